The van der Waals surface area contributed by atoms with Crippen molar-refractivity contribution in [3.63, 3.8) is 0 Å². The second-order valence-electron chi connectivity index (χ2n) is 11.5. The van der Waals surface area contributed by atoms with E-state index in [1.807, 2.05) is 13.0 Å². The Labute approximate surface area is 205 Å². The van der Waals surface area contributed by atoms with E-state index in [4.69, 9.17) is 9.73 Å². The maximum atomic E-state index is 13.0. The van der Waals surface area contributed by atoms with Gasteiger partial charge in [0.2, 0.25) is 0 Å². The molecular weight excluding hydrogens is 438 g/mol. The van der Waals surface area contributed by atoms with Crippen LogP contribution in [0.2, 0.25) is 0 Å². The highest BCUT2D eigenvalue weighted by atomic mass is 16.5. The van der Waals surface area contributed by atoms with Gasteiger partial charge in [0.25, 0.3) is 0 Å². The van der Waals surface area contributed by atoms with Crippen LogP contribution in [0.5, 0.6) is 11.5 Å². The molecule has 180 valence electrons. The van der Waals surface area contributed by atoms with E-state index in [2.05, 4.69) is 40.5 Å². The summed E-state index contributed by atoms with van der Waals surface area (Å²) in [6, 6.07) is 14.1. The number of hydrogen-bond acceptors (Lipinski definition) is 6. The van der Waals surface area contributed by atoms with Crippen LogP contribution >= 0.6 is 0 Å². The van der Waals surface area contributed by atoms with E-state index in [1.54, 1.807) is 6.07 Å². The Morgan fingerprint density at radius 2 is 2.00 bits per heavy atom. The maximum Gasteiger partial charge on any atom is 0.166 e. The van der Waals surface area contributed by atoms with Crippen molar-refractivity contribution < 1.29 is 14.9 Å². The molecule has 1 unspecified atom stereocenters. The van der Waals surface area contributed by atoms with Gasteiger partial charge in [0.05, 0.1) is 22.5 Å². The van der Waals surface area contributed by atoms with Crippen LogP contribution in [0, 0.1) is 5.92 Å². The maximum absolute atomic E-state index is 13.0. The van der Waals surface area contributed by atoms with Gasteiger partial charge in [-0.2, -0.15) is 0 Å². The predicted octanol–water partition coefficient (Wildman–Crippen LogP) is 3.58. The number of fused-ring (bicyclic) bond motifs is 1. The minimum Gasteiger partial charge on any atom is -0.504 e. The first-order valence-corrected chi connectivity index (χ1v) is 13.1. The van der Waals surface area contributed by atoms with E-state index in [0.717, 1.165) is 60.1 Å². The summed E-state index contributed by atoms with van der Waals surface area (Å²) < 4.78 is 6.70. The molecule has 2 fully saturated rings. The molecule has 0 aromatic heterocycles. The number of aromatic hydroxyl groups is 1. The number of ether oxygens (including phenoxy) is 1. The molecule has 6 heteroatoms. The summed E-state index contributed by atoms with van der Waals surface area (Å²) in [5.74, 6) is 2.38. The number of likely N-dealkylation sites (tertiary alicyclic amines) is 1. The zero-order valence-corrected chi connectivity index (χ0v) is 20.0. The molecule has 5 atom stereocenters. The standard InChI is InChI=1S/C29H31N3O3/c1-16-30-24(18-5-3-2-4-6-18)20-14-29(34)22-13-19-9-10-21(33)26-23(19)28(29,27(35-26)25(20)31-16)11-12-32(22)15-17-7-8-17/h2-6,9-10,17,22,24,27,33-34H,7-8,11-15H2,1H3,(H,30,31)/t22-,24?,27+,28+,29-/m1/s1. The molecule has 2 bridgehead atoms. The van der Waals surface area contributed by atoms with Crippen LogP contribution in [0.1, 0.15) is 55.3 Å². The fraction of sp³-hybridized carbons (Fsp3) is 0.483. The summed E-state index contributed by atoms with van der Waals surface area (Å²) in [6.45, 7) is 4.03. The largest absolute Gasteiger partial charge is 0.504 e. The fourth-order valence-corrected chi connectivity index (χ4v) is 8.02. The number of phenolic OH excluding ortho intramolecular Hbond substituents is 1. The number of aliphatic imine (C=N–C) groups is 1. The summed E-state index contributed by atoms with van der Waals surface area (Å²) in [4.78, 5) is 7.59. The summed E-state index contributed by atoms with van der Waals surface area (Å²) in [7, 11) is 0. The smallest absolute Gasteiger partial charge is 0.166 e. The van der Waals surface area contributed by atoms with E-state index in [-0.39, 0.29) is 23.9 Å². The Balaban J connectivity index is 1.35. The van der Waals surface area contributed by atoms with Gasteiger partial charge in [0.15, 0.2) is 17.6 Å². The van der Waals surface area contributed by atoms with E-state index in [9.17, 15) is 10.2 Å². The van der Waals surface area contributed by atoms with E-state index in [1.165, 1.54) is 18.4 Å². The number of nitrogens with zero attached hydrogens (tertiary/aromatic N) is 2. The molecular formula is C29H31N3O3. The molecule has 3 N–H and O–H groups in total. The minimum absolute atomic E-state index is 0.0309. The zero-order chi connectivity index (χ0) is 23.5. The highest BCUT2D eigenvalue weighted by Crippen LogP contribution is 2.67. The van der Waals surface area contributed by atoms with Crippen molar-refractivity contribution in [2.45, 2.75) is 68.2 Å². The van der Waals surface area contributed by atoms with Gasteiger partial charge in [-0.15, -0.1) is 0 Å². The fourth-order valence-electron chi connectivity index (χ4n) is 8.02. The van der Waals surface area contributed by atoms with E-state index in [0.29, 0.717) is 12.2 Å². The lowest BCUT2D eigenvalue weighted by atomic mass is 9.48. The highest BCUT2D eigenvalue weighted by Gasteiger charge is 2.73. The van der Waals surface area contributed by atoms with Crippen molar-refractivity contribution in [3.05, 3.63) is 70.4 Å². The van der Waals surface area contributed by atoms with Crippen LogP contribution in [0.3, 0.4) is 0 Å². The van der Waals surface area contributed by atoms with Crippen molar-refractivity contribution in [2.75, 3.05) is 13.1 Å². The summed E-state index contributed by atoms with van der Waals surface area (Å²) in [5.41, 5.74) is 4.02. The molecule has 2 aromatic carbocycles. The molecule has 0 radical (unpaired) electrons. The molecule has 1 saturated carbocycles. The van der Waals surface area contributed by atoms with Crippen LogP contribution in [0.25, 0.3) is 0 Å². The van der Waals surface area contributed by atoms with Crippen molar-refractivity contribution >= 4 is 5.84 Å². The minimum atomic E-state index is -0.981. The Kier molecular flexibility index (Phi) is 3.89. The summed E-state index contributed by atoms with van der Waals surface area (Å²) in [5, 5.41) is 27.4. The molecule has 2 aromatic rings. The Morgan fingerprint density at radius 1 is 1.17 bits per heavy atom. The average molecular weight is 470 g/mol. The van der Waals surface area contributed by atoms with Gasteiger partial charge >= 0.3 is 0 Å². The van der Waals surface area contributed by atoms with Crippen LogP contribution < -0.4 is 10.1 Å². The van der Waals surface area contributed by atoms with Gasteiger partial charge in [-0.25, -0.2) is 0 Å². The normalized spacial score (nSPS) is 36.6. The van der Waals surface area contributed by atoms with Gasteiger partial charge in [-0.05, 0) is 67.8 Å². The first-order valence-electron chi connectivity index (χ1n) is 13.1. The lowest BCUT2D eigenvalue weighted by Gasteiger charge is -2.63. The van der Waals surface area contributed by atoms with Gasteiger partial charge in [0, 0.05) is 24.6 Å². The molecule has 0 amide bonds. The number of nitrogens with one attached hydrogen (secondary N) is 1. The van der Waals surface area contributed by atoms with Gasteiger partial charge in [0.1, 0.15) is 6.04 Å². The quantitative estimate of drug-likeness (QED) is 0.641. The molecule has 3 heterocycles. The van der Waals surface area contributed by atoms with Gasteiger partial charge in [-0.3, -0.25) is 9.89 Å². The molecule has 35 heavy (non-hydrogen) atoms. The molecule has 6 nitrogen and oxygen atoms in total. The van der Waals surface area contributed by atoms with Crippen LogP contribution in [0.4, 0.5) is 0 Å². The van der Waals surface area contributed by atoms with E-state index >= 15 is 0 Å². The zero-order valence-electron chi connectivity index (χ0n) is 20.0. The SMILES string of the molecule is CC1=NC(c2ccccc2)C2=C(N1)[C@@H]1Oc3c(O)ccc4c3[C@@]13CCN(CC1CC1)[C@H](C4)[C@]3(O)C2. The topological polar surface area (TPSA) is 77.3 Å². The molecule has 1 spiro atoms. The third kappa shape index (κ3) is 2.49. The number of aliphatic hydroxyl groups is 1. The van der Waals surface area contributed by atoms with Crippen LogP contribution in [0.15, 0.2) is 58.7 Å². The van der Waals surface area contributed by atoms with Gasteiger partial charge < -0.3 is 20.3 Å². The summed E-state index contributed by atoms with van der Waals surface area (Å²) >= 11 is 0. The third-order valence-corrected chi connectivity index (χ3v) is 9.67. The van der Waals surface area contributed by atoms with Crippen LogP contribution in [-0.2, 0) is 11.8 Å². The lowest BCUT2D eigenvalue weighted by Crippen LogP contribution is -2.76. The highest BCUT2D eigenvalue weighted by molar-refractivity contribution is 5.84. The van der Waals surface area contributed by atoms with Crippen molar-refractivity contribution in [1.82, 2.24) is 10.2 Å². The number of piperidine rings is 1. The Morgan fingerprint density at radius 3 is 2.80 bits per heavy atom. The Hall–Kier alpha value is -2.83. The van der Waals surface area contributed by atoms with Crippen molar-refractivity contribution in [3.8, 4) is 11.5 Å². The molecule has 8 rings (SSSR count). The lowest BCUT2D eigenvalue weighted by molar-refractivity contribution is -0.167. The number of benzene rings is 2. The van der Waals surface area contributed by atoms with Crippen molar-refractivity contribution in [2.24, 2.45) is 10.9 Å². The average Bonchev–Trinajstić information content (AvgIpc) is 3.59. The van der Waals surface area contributed by atoms with Crippen molar-refractivity contribution in [1.29, 1.82) is 0 Å². The predicted molar refractivity (Wildman–Crippen MR) is 133 cm³/mol. The number of phenols is 1. The molecule has 3 aliphatic carbocycles. The number of amidine groups is 1. The number of rotatable bonds is 3. The third-order valence-electron chi connectivity index (χ3n) is 9.67. The number of hydrogen-bond donors (Lipinski definition) is 3. The monoisotopic (exact) mass is 469 g/mol. The summed E-state index contributed by atoms with van der Waals surface area (Å²) in [6.07, 6.45) is 4.42. The van der Waals surface area contributed by atoms with Gasteiger partial charge in [-0.1, -0.05) is 36.4 Å². The van der Waals surface area contributed by atoms with E-state index < -0.39 is 11.0 Å². The first kappa shape index (κ1) is 20.4. The molecule has 3 aliphatic heterocycles. The second kappa shape index (κ2) is 6.68. The Bertz CT molecular complexity index is 1320. The first-order chi connectivity index (χ1) is 17.0. The molecule has 6 aliphatic rings. The van der Waals surface area contributed by atoms with Crippen LogP contribution in [-0.4, -0.2) is 51.8 Å². The molecule has 1 saturated heterocycles. The second-order valence-corrected chi connectivity index (χ2v) is 11.5.